The summed E-state index contributed by atoms with van der Waals surface area (Å²) in [5.74, 6) is -0.575. The second kappa shape index (κ2) is 53.2. The molecule has 0 spiro atoms. The predicted molar refractivity (Wildman–Crippen MR) is 270 cm³/mol. The van der Waals surface area contributed by atoms with E-state index in [1.165, 1.54) is 199 Å². The van der Waals surface area contributed by atoms with E-state index in [1.54, 1.807) is 0 Å². The van der Waals surface area contributed by atoms with Crippen LogP contribution < -0.4 is 0 Å². The number of hydrogen-bond acceptors (Lipinski definition) is 5. The molecule has 0 aliphatic heterocycles. The van der Waals surface area contributed by atoms with Gasteiger partial charge in [0, 0.05) is 12.8 Å². The normalized spacial score (nSPS) is 12.5. The van der Waals surface area contributed by atoms with Crippen LogP contribution in [0.25, 0.3) is 0 Å². The van der Waals surface area contributed by atoms with Crippen molar-refractivity contribution in [3.63, 3.8) is 0 Å². The minimum Gasteiger partial charge on any atom is -0.462 e. The van der Waals surface area contributed by atoms with Gasteiger partial charge in [0.05, 0.1) is 6.61 Å². The lowest BCUT2D eigenvalue weighted by molar-refractivity contribution is -0.161. The Bertz CT molecular complexity index is 1030. The Hall–Kier alpha value is -2.14. The smallest absolute Gasteiger partial charge is 0.306 e. The molecule has 1 N–H and O–H groups in total. The third kappa shape index (κ3) is 50.5. The molecule has 1 atom stereocenters. The molecule has 0 heterocycles. The van der Waals surface area contributed by atoms with Gasteiger partial charge in [-0.25, -0.2) is 0 Å². The van der Waals surface area contributed by atoms with Gasteiger partial charge in [-0.15, -0.1) is 0 Å². The van der Waals surface area contributed by atoms with Gasteiger partial charge in [-0.3, -0.25) is 9.59 Å². The molecule has 0 aliphatic rings. The average molecular weight is 869 g/mol. The molecular formula is C57H104O5. The molecule has 0 aromatic carbocycles. The van der Waals surface area contributed by atoms with Crippen LogP contribution in [0.1, 0.15) is 284 Å². The lowest BCUT2D eigenvalue weighted by Crippen LogP contribution is -2.28. The van der Waals surface area contributed by atoms with Crippen LogP contribution in [0.5, 0.6) is 0 Å². The topological polar surface area (TPSA) is 72.8 Å². The molecule has 0 aliphatic carbocycles. The van der Waals surface area contributed by atoms with E-state index in [4.69, 9.17) is 9.47 Å². The second-order valence-electron chi connectivity index (χ2n) is 18.3. The number of hydrogen-bond donors (Lipinski definition) is 1. The van der Waals surface area contributed by atoms with Crippen molar-refractivity contribution in [1.82, 2.24) is 0 Å². The van der Waals surface area contributed by atoms with Crippen LogP contribution >= 0.6 is 0 Å². The molecule has 0 radical (unpaired) electrons. The van der Waals surface area contributed by atoms with Crippen LogP contribution in [-0.2, 0) is 19.1 Å². The molecule has 362 valence electrons. The summed E-state index contributed by atoms with van der Waals surface area (Å²) in [5, 5.41) is 9.64. The summed E-state index contributed by atoms with van der Waals surface area (Å²) >= 11 is 0. The van der Waals surface area contributed by atoms with Crippen molar-refractivity contribution in [2.24, 2.45) is 0 Å². The monoisotopic (exact) mass is 869 g/mol. The van der Waals surface area contributed by atoms with Crippen molar-refractivity contribution >= 4 is 11.9 Å². The van der Waals surface area contributed by atoms with E-state index in [0.717, 1.165) is 57.8 Å². The summed E-state index contributed by atoms with van der Waals surface area (Å²) < 4.78 is 10.7. The summed E-state index contributed by atoms with van der Waals surface area (Å²) in [6, 6.07) is 0. The van der Waals surface area contributed by atoms with Crippen LogP contribution in [0.3, 0.4) is 0 Å². The van der Waals surface area contributed by atoms with Gasteiger partial charge in [0.1, 0.15) is 6.61 Å². The summed E-state index contributed by atoms with van der Waals surface area (Å²) in [7, 11) is 0. The lowest BCUT2D eigenvalue weighted by Gasteiger charge is -2.15. The van der Waals surface area contributed by atoms with Crippen molar-refractivity contribution in [3.05, 3.63) is 48.6 Å². The van der Waals surface area contributed by atoms with Crippen molar-refractivity contribution in [3.8, 4) is 0 Å². The van der Waals surface area contributed by atoms with E-state index in [0.29, 0.717) is 12.8 Å². The molecular weight excluding hydrogens is 765 g/mol. The Labute approximate surface area is 386 Å². The zero-order chi connectivity index (χ0) is 44.9. The minimum atomic E-state index is -0.769. The molecule has 1 unspecified atom stereocenters. The number of allylic oxidation sites excluding steroid dienone is 8. The van der Waals surface area contributed by atoms with Gasteiger partial charge >= 0.3 is 11.9 Å². The molecule has 5 heteroatoms. The van der Waals surface area contributed by atoms with Crippen molar-refractivity contribution < 1.29 is 24.2 Å². The third-order valence-electron chi connectivity index (χ3n) is 12.1. The molecule has 0 saturated carbocycles. The molecule has 62 heavy (non-hydrogen) atoms. The maximum Gasteiger partial charge on any atom is 0.306 e. The number of esters is 2. The Kier molecular flexibility index (Phi) is 51.4. The molecule has 0 fully saturated rings. The van der Waals surface area contributed by atoms with Gasteiger partial charge in [-0.05, 0) is 51.4 Å². The number of rotatable bonds is 50. The fourth-order valence-corrected chi connectivity index (χ4v) is 8.08. The highest BCUT2D eigenvalue weighted by Gasteiger charge is 2.16. The number of ether oxygens (including phenoxy) is 2. The summed E-state index contributed by atoms with van der Waals surface area (Å²) in [6.45, 7) is 4.07. The maximum absolute atomic E-state index is 12.3. The van der Waals surface area contributed by atoms with Gasteiger partial charge < -0.3 is 14.6 Å². The molecule has 0 rings (SSSR count). The number of aliphatic hydroxyl groups is 1. The highest BCUT2D eigenvalue weighted by atomic mass is 16.6. The zero-order valence-electron chi connectivity index (χ0n) is 41.4. The molecule has 0 aromatic rings. The van der Waals surface area contributed by atoms with Crippen molar-refractivity contribution in [1.29, 1.82) is 0 Å². The van der Waals surface area contributed by atoms with Gasteiger partial charge in [0.15, 0.2) is 6.10 Å². The number of carbonyl (C=O) groups is 2. The van der Waals surface area contributed by atoms with E-state index >= 15 is 0 Å². The van der Waals surface area contributed by atoms with Crippen LogP contribution in [0, 0.1) is 0 Å². The quantitative estimate of drug-likeness (QED) is 0.0375. The number of aliphatic hydroxyl groups excluding tert-OH is 1. The minimum absolute atomic E-state index is 0.0611. The molecule has 0 bridgehead atoms. The summed E-state index contributed by atoms with van der Waals surface area (Å²) in [4.78, 5) is 24.5. The van der Waals surface area contributed by atoms with Crippen LogP contribution in [0.15, 0.2) is 48.6 Å². The molecule has 0 saturated heterocycles. The van der Waals surface area contributed by atoms with Gasteiger partial charge in [0.2, 0.25) is 0 Å². The van der Waals surface area contributed by atoms with Crippen molar-refractivity contribution in [2.45, 2.75) is 290 Å². The van der Waals surface area contributed by atoms with E-state index < -0.39 is 6.10 Å². The lowest BCUT2D eigenvalue weighted by atomic mass is 10.0. The maximum atomic E-state index is 12.3. The van der Waals surface area contributed by atoms with E-state index in [9.17, 15) is 14.7 Å². The Morgan fingerprint density at radius 3 is 1.05 bits per heavy atom. The van der Waals surface area contributed by atoms with E-state index in [2.05, 4.69) is 62.5 Å². The SMILES string of the molecule is CC/C=C\C/C=C\C/C=C\C/C=C\CCCCCCCCCCCCCCCCCCC(=O)OC(CO)COC(=O)CCCCCCCCCCCCCCCCCCCCC. The van der Waals surface area contributed by atoms with Gasteiger partial charge in [-0.2, -0.15) is 0 Å². The van der Waals surface area contributed by atoms with E-state index in [-0.39, 0.29) is 25.2 Å². The highest BCUT2D eigenvalue weighted by molar-refractivity contribution is 5.70. The first-order chi connectivity index (χ1) is 30.6. The zero-order valence-corrected chi connectivity index (χ0v) is 41.4. The second-order valence-corrected chi connectivity index (χ2v) is 18.3. The fraction of sp³-hybridized carbons (Fsp3) is 0.825. The molecule has 0 amide bonds. The highest BCUT2D eigenvalue weighted by Crippen LogP contribution is 2.17. The summed E-state index contributed by atoms with van der Waals surface area (Å²) in [6.07, 6.45) is 69.3. The number of carbonyl (C=O) groups excluding carboxylic acids is 2. The van der Waals surface area contributed by atoms with Gasteiger partial charge in [-0.1, -0.05) is 268 Å². The standard InChI is InChI=1S/C57H104O5/c1-3-5-7-9-11-13-15-17-19-21-23-24-25-26-27-28-29-30-31-32-34-36-38-40-42-44-46-48-50-52-57(60)62-55(53-58)54-61-56(59)51-49-47-45-43-41-39-37-35-33-22-20-18-16-14-12-10-8-6-4-2/h5,7,11,13,17,19,23-24,55,58H,3-4,6,8-10,12,14-16,18,20-22,25-54H2,1-2H3/b7-5-,13-11-,19-17-,24-23-. The molecule has 5 nitrogen and oxygen atoms in total. The van der Waals surface area contributed by atoms with Crippen LogP contribution in [0.2, 0.25) is 0 Å². The Morgan fingerprint density at radius 1 is 0.387 bits per heavy atom. The predicted octanol–water partition coefficient (Wildman–Crippen LogP) is 18.1. The summed E-state index contributed by atoms with van der Waals surface area (Å²) in [5.41, 5.74) is 0. The first-order valence-electron chi connectivity index (χ1n) is 27.2. The van der Waals surface area contributed by atoms with E-state index in [1.807, 2.05) is 0 Å². The van der Waals surface area contributed by atoms with Crippen LogP contribution in [0.4, 0.5) is 0 Å². The number of unbranched alkanes of at least 4 members (excludes halogenated alkanes) is 34. The first-order valence-corrected chi connectivity index (χ1v) is 27.2. The van der Waals surface area contributed by atoms with Gasteiger partial charge in [0.25, 0.3) is 0 Å². The van der Waals surface area contributed by atoms with Crippen molar-refractivity contribution in [2.75, 3.05) is 13.2 Å². The van der Waals surface area contributed by atoms with Crippen LogP contribution in [-0.4, -0.2) is 36.4 Å². The third-order valence-corrected chi connectivity index (χ3v) is 12.1. The average Bonchev–Trinajstić information content (AvgIpc) is 3.28. The largest absolute Gasteiger partial charge is 0.462 e. The first kappa shape index (κ1) is 59.9. The fourth-order valence-electron chi connectivity index (χ4n) is 8.08. The molecule has 0 aromatic heterocycles. The Morgan fingerprint density at radius 2 is 0.694 bits per heavy atom. The Balaban J connectivity index is 3.45.